The summed E-state index contributed by atoms with van der Waals surface area (Å²) in [4.78, 5) is 32.3. The van der Waals surface area contributed by atoms with E-state index in [2.05, 4.69) is 10.3 Å². The molecule has 28 heavy (non-hydrogen) atoms. The Balaban J connectivity index is 1.73. The number of nitrogens with zero attached hydrogens (tertiary/aromatic N) is 2. The molecule has 3 heterocycles. The van der Waals surface area contributed by atoms with E-state index in [1.54, 1.807) is 37.7 Å². The molecule has 2 amide bonds. The minimum Gasteiger partial charge on any atom is -0.495 e. The van der Waals surface area contributed by atoms with E-state index in [1.807, 2.05) is 35.7 Å². The van der Waals surface area contributed by atoms with Crippen molar-refractivity contribution in [1.82, 2.24) is 9.88 Å². The smallest absolute Gasteiger partial charge is 0.278 e. The lowest BCUT2D eigenvalue weighted by Crippen LogP contribution is -2.32. The highest BCUT2D eigenvalue weighted by atomic mass is 32.1. The van der Waals surface area contributed by atoms with Gasteiger partial charge in [0, 0.05) is 17.3 Å². The van der Waals surface area contributed by atoms with Gasteiger partial charge in [-0.3, -0.25) is 19.5 Å². The Kier molecular flexibility index (Phi) is 4.90. The third kappa shape index (κ3) is 3.27. The summed E-state index contributed by atoms with van der Waals surface area (Å²) < 4.78 is 5.37. The molecule has 140 valence electrons. The number of anilines is 1. The summed E-state index contributed by atoms with van der Waals surface area (Å²) >= 11 is 1.42. The summed E-state index contributed by atoms with van der Waals surface area (Å²) in [5, 5.41) is 5.01. The third-order valence-corrected chi connectivity index (χ3v) is 5.25. The quantitative estimate of drug-likeness (QED) is 0.651. The number of hydrogen-bond acceptors (Lipinski definition) is 6. The van der Waals surface area contributed by atoms with Gasteiger partial charge in [0.2, 0.25) is 0 Å². The Morgan fingerprint density at radius 1 is 1.07 bits per heavy atom. The molecule has 0 atom stereocenters. The first-order valence-electron chi connectivity index (χ1n) is 8.62. The van der Waals surface area contributed by atoms with Crippen molar-refractivity contribution >= 4 is 34.4 Å². The number of methoxy groups -OCH3 is 1. The van der Waals surface area contributed by atoms with Gasteiger partial charge in [0.25, 0.3) is 11.8 Å². The lowest BCUT2D eigenvalue weighted by molar-refractivity contribution is -0.137. The van der Waals surface area contributed by atoms with E-state index in [-0.39, 0.29) is 24.1 Å². The number of aromatic nitrogens is 1. The summed E-state index contributed by atoms with van der Waals surface area (Å²) in [6.45, 7) is 0.164. The second-order valence-electron chi connectivity index (χ2n) is 6.11. The van der Waals surface area contributed by atoms with Crippen molar-refractivity contribution in [3.05, 3.63) is 82.4 Å². The van der Waals surface area contributed by atoms with Crippen LogP contribution in [0.1, 0.15) is 10.4 Å². The van der Waals surface area contributed by atoms with Crippen LogP contribution >= 0.6 is 11.3 Å². The van der Waals surface area contributed by atoms with Gasteiger partial charge in [0.05, 0.1) is 24.9 Å². The molecule has 1 aliphatic heterocycles. The Labute approximate surface area is 166 Å². The van der Waals surface area contributed by atoms with Crippen molar-refractivity contribution in [3.8, 4) is 5.75 Å². The lowest BCUT2D eigenvalue weighted by Gasteiger charge is -2.15. The topological polar surface area (TPSA) is 71.5 Å². The van der Waals surface area contributed by atoms with Crippen LogP contribution in [-0.4, -0.2) is 28.8 Å². The maximum atomic E-state index is 13.2. The van der Waals surface area contributed by atoms with Crippen molar-refractivity contribution in [2.75, 3.05) is 12.4 Å². The number of pyridine rings is 1. The molecule has 0 fully saturated rings. The first-order valence-corrected chi connectivity index (χ1v) is 9.50. The average molecular weight is 391 g/mol. The predicted octanol–water partition coefficient (Wildman–Crippen LogP) is 3.54. The monoisotopic (exact) mass is 391 g/mol. The molecule has 1 aromatic carbocycles. The SMILES string of the molecule is COc1ccccc1NC1=C(c2cccs2)C(=O)N(Cc2cccnc2)C1=O. The number of para-hydroxylation sites is 2. The lowest BCUT2D eigenvalue weighted by atomic mass is 10.1. The van der Waals surface area contributed by atoms with Gasteiger partial charge in [-0.05, 0) is 35.2 Å². The van der Waals surface area contributed by atoms with Gasteiger partial charge < -0.3 is 10.1 Å². The van der Waals surface area contributed by atoms with Crippen LogP contribution in [0.3, 0.4) is 0 Å². The normalized spacial score (nSPS) is 14.0. The minimum absolute atomic E-state index is 0.164. The second-order valence-corrected chi connectivity index (χ2v) is 7.06. The van der Waals surface area contributed by atoms with E-state index in [0.29, 0.717) is 17.0 Å². The summed E-state index contributed by atoms with van der Waals surface area (Å²) in [7, 11) is 1.56. The van der Waals surface area contributed by atoms with Crippen molar-refractivity contribution in [3.63, 3.8) is 0 Å². The van der Waals surface area contributed by atoms with E-state index in [9.17, 15) is 9.59 Å². The number of imide groups is 1. The van der Waals surface area contributed by atoms with Gasteiger partial charge in [0.1, 0.15) is 11.4 Å². The maximum Gasteiger partial charge on any atom is 0.278 e. The molecule has 1 N–H and O–H groups in total. The van der Waals surface area contributed by atoms with E-state index in [1.165, 1.54) is 16.2 Å². The Hall–Kier alpha value is -3.45. The fourth-order valence-corrected chi connectivity index (χ4v) is 3.81. The molecular weight excluding hydrogens is 374 g/mol. The van der Waals surface area contributed by atoms with Gasteiger partial charge in [-0.25, -0.2) is 0 Å². The highest BCUT2D eigenvalue weighted by molar-refractivity contribution is 7.11. The number of carbonyl (C=O) groups excluding carboxylic acids is 2. The first kappa shape index (κ1) is 17.9. The number of amides is 2. The van der Waals surface area contributed by atoms with Crippen LogP contribution in [0.2, 0.25) is 0 Å². The number of rotatable bonds is 6. The fourth-order valence-electron chi connectivity index (χ4n) is 3.04. The number of hydrogen-bond donors (Lipinski definition) is 1. The van der Waals surface area contributed by atoms with Gasteiger partial charge in [-0.15, -0.1) is 11.3 Å². The minimum atomic E-state index is -0.372. The van der Waals surface area contributed by atoms with E-state index in [0.717, 1.165) is 10.4 Å². The molecule has 3 aromatic rings. The molecular formula is C21H17N3O3S. The molecule has 0 saturated carbocycles. The number of thiophene rings is 1. The molecule has 6 nitrogen and oxygen atoms in total. The first-order chi connectivity index (χ1) is 13.7. The fraction of sp³-hybridized carbons (Fsp3) is 0.0952. The van der Waals surface area contributed by atoms with Crippen LogP contribution in [0.4, 0.5) is 5.69 Å². The number of benzene rings is 1. The largest absolute Gasteiger partial charge is 0.495 e. The third-order valence-electron chi connectivity index (χ3n) is 4.37. The zero-order valence-corrected chi connectivity index (χ0v) is 15.9. The predicted molar refractivity (Wildman–Crippen MR) is 108 cm³/mol. The van der Waals surface area contributed by atoms with Gasteiger partial charge in [0.15, 0.2) is 0 Å². The van der Waals surface area contributed by atoms with Crippen molar-refractivity contribution < 1.29 is 14.3 Å². The standard InChI is InChI=1S/C21H17N3O3S/c1-27-16-8-3-2-7-15(16)23-19-18(17-9-5-11-28-17)20(25)24(21(19)26)13-14-6-4-10-22-12-14/h2-12,23H,13H2,1H3. The van der Waals surface area contributed by atoms with Gasteiger partial charge >= 0.3 is 0 Å². The van der Waals surface area contributed by atoms with Crippen molar-refractivity contribution in [1.29, 1.82) is 0 Å². The number of nitrogens with one attached hydrogen (secondary N) is 1. The zero-order valence-electron chi connectivity index (χ0n) is 15.1. The highest BCUT2D eigenvalue weighted by Crippen LogP contribution is 2.35. The molecule has 0 saturated heterocycles. The van der Waals surface area contributed by atoms with E-state index < -0.39 is 0 Å². The van der Waals surface area contributed by atoms with Crippen LogP contribution in [0.25, 0.3) is 5.57 Å². The Bertz CT molecular complexity index is 1050. The van der Waals surface area contributed by atoms with Crippen LogP contribution in [0.5, 0.6) is 5.75 Å². The Morgan fingerprint density at radius 2 is 1.93 bits per heavy atom. The molecule has 4 rings (SSSR count). The summed E-state index contributed by atoms with van der Waals surface area (Å²) in [6, 6.07) is 14.6. The van der Waals surface area contributed by atoms with Crippen LogP contribution < -0.4 is 10.1 Å². The van der Waals surface area contributed by atoms with Crippen LogP contribution in [0.15, 0.2) is 72.0 Å². The zero-order chi connectivity index (χ0) is 19.5. The average Bonchev–Trinajstić information content (AvgIpc) is 3.32. The highest BCUT2D eigenvalue weighted by Gasteiger charge is 2.39. The second kappa shape index (κ2) is 7.66. The number of ether oxygens (including phenoxy) is 1. The maximum absolute atomic E-state index is 13.2. The molecule has 7 heteroatoms. The molecule has 0 aliphatic carbocycles. The molecule has 2 aromatic heterocycles. The summed E-state index contributed by atoms with van der Waals surface area (Å²) in [6.07, 6.45) is 3.30. The summed E-state index contributed by atoms with van der Waals surface area (Å²) in [5.74, 6) is -0.108. The summed E-state index contributed by atoms with van der Waals surface area (Å²) in [5.41, 5.74) is 2.03. The van der Waals surface area contributed by atoms with E-state index in [4.69, 9.17) is 4.74 Å². The van der Waals surface area contributed by atoms with Crippen LogP contribution in [0, 0.1) is 0 Å². The van der Waals surface area contributed by atoms with Gasteiger partial charge in [-0.2, -0.15) is 0 Å². The number of carbonyl (C=O) groups is 2. The Morgan fingerprint density at radius 3 is 2.64 bits per heavy atom. The molecule has 1 aliphatic rings. The van der Waals surface area contributed by atoms with Crippen LogP contribution in [-0.2, 0) is 16.1 Å². The molecule has 0 radical (unpaired) electrons. The van der Waals surface area contributed by atoms with Crippen molar-refractivity contribution in [2.24, 2.45) is 0 Å². The molecule has 0 unspecified atom stereocenters. The molecule has 0 spiro atoms. The van der Waals surface area contributed by atoms with E-state index >= 15 is 0 Å². The molecule has 0 bridgehead atoms. The van der Waals surface area contributed by atoms with Crippen molar-refractivity contribution in [2.45, 2.75) is 6.54 Å². The van der Waals surface area contributed by atoms with Gasteiger partial charge in [-0.1, -0.05) is 24.3 Å².